The van der Waals surface area contributed by atoms with Gasteiger partial charge >= 0.3 is 0 Å². The molecule has 0 aliphatic carbocycles. The van der Waals surface area contributed by atoms with Crippen molar-refractivity contribution in [1.29, 1.82) is 0 Å². The number of nitrogens with one attached hydrogen (secondary N) is 2. The summed E-state index contributed by atoms with van der Waals surface area (Å²) in [6, 6.07) is 8.57. The highest BCUT2D eigenvalue weighted by Gasteiger charge is 2.07. The number of benzene rings is 1. The molecule has 0 saturated carbocycles. The standard InChI is InChI=1S/C14H16N4O2/c1-2-15-14(20)11-5-3-6-12(9-11)17-13(19)10-18-8-4-7-16-18/h3-9H,2,10H2,1H3,(H,15,20)(H,17,19). The van der Waals surface area contributed by atoms with Gasteiger partial charge in [-0.1, -0.05) is 6.07 Å². The van der Waals surface area contributed by atoms with Crippen LogP contribution in [0.3, 0.4) is 0 Å². The summed E-state index contributed by atoms with van der Waals surface area (Å²) in [5.74, 6) is -0.350. The van der Waals surface area contributed by atoms with Crippen LogP contribution in [0.5, 0.6) is 0 Å². The fourth-order valence-corrected chi connectivity index (χ4v) is 1.74. The number of hydrogen-bond acceptors (Lipinski definition) is 3. The van der Waals surface area contributed by atoms with Crippen molar-refractivity contribution < 1.29 is 9.59 Å². The van der Waals surface area contributed by atoms with Gasteiger partial charge in [-0.15, -0.1) is 0 Å². The van der Waals surface area contributed by atoms with E-state index in [4.69, 9.17) is 0 Å². The summed E-state index contributed by atoms with van der Waals surface area (Å²) in [6.45, 7) is 2.56. The summed E-state index contributed by atoms with van der Waals surface area (Å²) in [5, 5.41) is 9.41. The van der Waals surface area contributed by atoms with Crippen LogP contribution in [0.2, 0.25) is 0 Å². The van der Waals surface area contributed by atoms with Crippen LogP contribution in [0.25, 0.3) is 0 Å². The van der Waals surface area contributed by atoms with Crippen LogP contribution in [0.4, 0.5) is 5.69 Å². The average Bonchev–Trinajstić information content (AvgIpc) is 2.92. The molecule has 0 bridgehead atoms. The summed E-state index contributed by atoms with van der Waals surface area (Å²) < 4.78 is 1.53. The van der Waals surface area contributed by atoms with E-state index in [2.05, 4.69) is 15.7 Å². The molecular weight excluding hydrogens is 256 g/mol. The lowest BCUT2D eigenvalue weighted by molar-refractivity contribution is -0.116. The van der Waals surface area contributed by atoms with E-state index in [1.54, 1.807) is 42.7 Å². The van der Waals surface area contributed by atoms with Gasteiger partial charge in [-0.3, -0.25) is 14.3 Å². The number of aromatic nitrogens is 2. The molecule has 0 fully saturated rings. The Balaban J connectivity index is 2.00. The molecule has 0 aliphatic rings. The predicted molar refractivity (Wildman–Crippen MR) is 75.3 cm³/mol. The third kappa shape index (κ3) is 3.68. The van der Waals surface area contributed by atoms with E-state index in [0.29, 0.717) is 17.8 Å². The molecule has 20 heavy (non-hydrogen) atoms. The van der Waals surface area contributed by atoms with E-state index in [9.17, 15) is 9.59 Å². The molecule has 2 amide bonds. The minimum Gasteiger partial charge on any atom is -0.352 e. The zero-order valence-electron chi connectivity index (χ0n) is 11.2. The van der Waals surface area contributed by atoms with Gasteiger partial charge in [0.2, 0.25) is 5.91 Å². The Morgan fingerprint density at radius 2 is 2.15 bits per heavy atom. The van der Waals surface area contributed by atoms with Gasteiger partial charge in [-0.2, -0.15) is 5.10 Å². The lowest BCUT2D eigenvalue weighted by atomic mass is 10.2. The molecule has 0 atom stereocenters. The maximum atomic E-state index is 11.8. The van der Waals surface area contributed by atoms with Crippen LogP contribution in [0.15, 0.2) is 42.7 Å². The van der Waals surface area contributed by atoms with Crippen LogP contribution < -0.4 is 10.6 Å². The minimum absolute atomic E-state index is 0.137. The van der Waals surface area contributed by atoms with Gasteiger partial charge in [0.15, 0.2) is 0 Å². The van der Waals surface area contributed by atoms with E-state index in [1.807, 2.05) is 6.92 Å². The predicted octanol–water partition coefficient (Wildman–Crippen LogP) is 1.27. The van der Waals surface area contributed by atoms with Gasteiger partial charge in [0, 0.05) is 30.2 Å². The van der Waals surface area contributed by atoms with E-state index < -0.39 is 0 Å². The van der Waals surface area contributed by atoms with Crippen molar-refractivity contribution in [3.8, 4) is 0 Å². The van der Waals surface area contributed by atoms with Gasteiger partial charge in [0.1, 0.15) is 6.54 Å². The highest BCUT2D eigenvalue weighted by atomic mass is 16.2. The van der Waals surface area contributed by atoms with Crippen LogP contribution >= 0.6 is 0 Å². The number of amides is 2. The molecule has 0 spiro atoms. The molecule has 1 aromatic heterocycles. The zero-order valence-corrected chi connectivity index (χ0v) is 11.2. The second kappa shape index (κ2) is 6.51. The summed E-state index contributed by atoms with van der Waals surface area (Å²) in [5.41, 5.74) is 1.11. The van der Waals surface area contributed by atoms with Gasteiger partial charge in [0.25, 0.3) is 5.91 Å². The van der Waals surface area contributed by atoms with E-state index in [0.717, 1.165) is 0 Å². The molecule has 0 unspecified atom stereocenters. The number of anilines is 1. The molecule has 6 nitrogen and oxygen atoms in total. The average molecular weight is 272 g/mol. The first-order chi connectivity index (χ1) is 9.69. The summed E-state index contributed by atoms with van der Waals surface area (Å²) in [7, 11) is 0. The quantitative estimate of drug-likeness (QED) is 0.860. The first-order valence-electron chi connectivity index (χ1n) is 6.34. The van der Waals surface area contributed by atoms with Crippen molar-refractivity contribution in [1.82, 2.24) is 15.1 Å². The third-order valence-corrected chi connectivity index (χ3v) is 2.61. The number of nitrogens with zero attached hydrogens (tertiary/aromatic N) is 2. The fourth-order valence-electron chi connectivity index (χ4n) is 1.74. The van der Waals surface area contributed by atoms with Crippen LogP contribution in [-0.4, -0.2) is 28.1 Å². The Morgan fingerprint density at radius 3 is 2.85 bits per heavy atom. The van der Waals surface area contributed by atoms with Gasteiger partial charge in [0.05, 0.1) is 0 Å². The Bertz CT molecular complexity index is 593. The largest absolute Gasteiger partial charge is 0.352 e. The van der Waals surface area contributed by atoms with E-state index >= 15 is 0 Å². The zero-order chi connectivity index (χ0) is 14.4. The van der Waals surface area contributed by atoms with Crippen LogP contribution in [0.1, 0.15) is 17.3 Å². The highest BCUT2D eigenvalue weighted by Crippen LogP contribution is 2.10. The van der Waals surface area contributed by atoms with Crippen molar-refractivity contribution in [2.45, 2.75) is 13.5 Å². The number of carbonyl (C=O) groups is 2. The van der Waals surface area contributed by atoms with Crippen molar-refractivity contribution in [2.24, 2.45) is 0 Å². The lowest BCUT2D eigenvalue weighted by Gasteiger charge is -2.07. The summed E-state index contributed by atoms with van der Waals surface area (Å²) >= 11 is 0. The monoisotopic (exact) mass is 272 g/mol. The van der Waals surface area contributed by atoms with Crippen molar-refractivity contribution >= 4 is 17.5 Å². The van der Waals surface area contributed by atoms with Crippen molar-refractivity contribution in [3.05, 3.63) is 48.3 Å². The topological polar surface area (TPSA) is 76.0 Å². The Kier molecular flexibility index (Phi) is 4.49. The maximum Gasteiger partial charge on any atom is 0.251 e. The van der Waals surface area contributed by atoms with Gasteiger partial charge in [-0.25, -0.2) is 0 Å². The number of carbonyl (C=O) groups excluding carboxylic acids is 2. The number of hydrogen-bond donors (Lipinski definition) is 2. The molecular formula is C14H16N4O2. The maximum absolute atomic E-state index is 11.8. The van der Waals surface area contributed by atoms with E-state index in [-0.39, 0.29) is 18.4 Å². The summed E-state index contributed by atoms with van der Waals surface area (Å²) in [4.78, 5) is 23.5. The van der Waals surface area contributed by atoms with Crippen molar-refractivity contribution in [3.63, 3.8) is 0 Å². The molecule has 6 heteroatoms. The molecule has 0 radical (unpaired) electrons. The Morgan fingerprint density at radius 1 is 1.30 bits per heavy atom. The first kappa shape index (κ1) is 13.8. The SMILES string of the molecule is CCNC(=O)c1cccc(NC(=O)Cn2cccn2)c1. The van der Waals surface area contributed by atoms with E-state index in [1.165, 1.54) is 4.68 Å². The normalized spacial score (nSPS) is 10.1. The molecule has 2 N–H and O–H groups in total. The second-order valence-electron chi connectivity index (χ2n) is 4.19. The van der Waals surface area contributed by atoms with Crippen LogP contribution in [0, 0.1) is 0 Å². The Labute approximate surface area is 116 Å². The number of rotatable bonds is 5. The van der Waals surface area contributed by atoms with Crippen molar-refractivity contribution in [2.75, 3.05) is 11.9 Å². The Hall–Kier alpha value is -2.63. The smallest absolute Gasteiger partial charge is 0.251 e. The molecule has 1 aromatic carbocycles. The molecule has 104 valence electrons. The molecule has 0 saturated heterocycles. The summed E-state index contributed by atoms with van der Waals surface area (Å²) in [6.07, 6.45) is 3.33. The van der Waals surface area contributed by atoms with Gasteiger partial charge in [-0.05, 0) is 31.2 Å². The van der Waals surface area contributed by atoms with Crippen LogP contribution in [-0.2, 0) is 11.3 Å². The lowest BCUT2D eigenvalue weighted by Crippen LogP contribution is -2.23. The molecule has 2 rings (SSSR count). The molecule has 0 aliphatic heterocycles. The molecule has 1 heterocycles. The first-order valence-corrected chi connectivity index (χ1v) is 6.34. The highest BCUT2D eigenvalue weighted by molar-refractivity contribution is 5.97. The third-order valence-electron chi connectivity index (χ3n) is 2.61. The fraction of sp³-hybridized carbons (Fsp3) is 0.214. The molecule has 2 aromatic rings. The van der Waals surface area contributed by atoms with Gasteiger partial charge < -0.3 is 10.6 Å². The minimum atomic E-state index is -0.193. The second-order valence-corrected chi connectivity index (χ2v) is 4.19.